The molecule has 6 rings (SSSR count). The predicted molar refractivity (Wildman–Crippen MR) is 132 cm³/mol. The van der Waals surface area contributed by atoms with Gasteiger partial charge in [-0.3, -0.25) is 4.79 Å². The summed E-state index contributed by atoms with van der Waals surface area (Å²) in [5.41, 5.74) is 7.49. The number of aromatic nitrogens is 2. The molecule has 1 fully saturated rings. The van der Waals surface area contributed by atoms with Gasteiger partial charge in [-0.05, 0) is 49.7 Å². The summed E-state index contributed by atoms with van der Waals surface area (Å²) in [6.07, 6.45) is 2.49. The minimum absolute atomic E-state index is 0.0735. The molecule has 170 valence electrons. The van der Waals surface area contributed by atoms with Gasteiger partial charge in [0.25, 0.3) is 5.91 Å². The summed E-state index contributed by atoms with van der Waals surface area (Å²) in [7, 11) is 0. The van der Waals surface area contributed by atoms with Crippen LogP contribution in [0.15, 0.2) is 65.8 Å². The van der Waals surface area contributed by atoms with Crippen molar-refractivity contribution in [3.05, 3.63) is 77.4 Å². The predicted octanol–water partition coefficient (Wildman–Crippen LogP) is 4.26. The first-order chi connectivity index (χ1) is 16.7. The van der Waals surface area contributed by atoms with Crippen molar-refractivity contribution in [1.29, 1.82) is 0 Å². The molecule has 34 heavy (non-hydrogen) atoms. The lowest BCUT2D eigenvalue weighted by molar-refractivity contribution is 0.0950. The van der Waals surface area contributed by atoms with Crippen LogP contribution in [0.25, 0.3) is 33.5 Å². The molecule has 1 aromatic heterocycles. The molecular formula is C27H25N5O2. The number of rotatable bonds is 5. The van der Waals surface area contributed by atoms with Crippen LogP contribution in [0, 0.1) is 0 Å². The molecule has 1 aliphatic carbocycles. The number of H-pyrrole nitrogens is 1. The Balaban J connectivity index is 1.31. The van der Waals surface area contributed by atoms with Crippen molar-refractivity contribution in [3.8, 4) is 22.5 Å². The summed E-state index contributed by atoms with van der Waals surface area (Å²) in [5, 5.41) is 16.3. The van der Waals surface area contributed by atoms with Crippen LogP contribution in [0.4, 0.5) is 0 Å². The van der Waals surface area contributed by atoms with E-state index < -0.39 is 0 Å². The van der Waals surface area contributed by atoms with E-state index in [-0.39, 0.29) is 5.91 Å². The molecule has 4 aromatic rings. The topological polar surface area (TPSA) is 93.6 Å². The third-order valence-corrected chi connectivity index (χ3v) is 6.78. The molecule has 3 N–H and O–H groups in total. The molecule has 0 unspecified atom stereocenters. The van der Waals surface area contributed by atoms with E-state index >= 15 is 0 Å². The van der Waals surface area contributed by atoms with Gasteiger partial charge in [0, 0.05) is 40.9 Å². The fourth-order valence-electron chi connectivity index (χ4n) is 5.11. The lowest BCUT2D eigenvalue weighted by Crippen LogP contribution is -2.33. The fraction of sp³-hybridized carbons (Fsp3) is 0.222. The Morgan fingerprint density at radius 1 is 1.00 bits per heavy atom. The number of oxime groups is 1. The van der Waals surface area contributed by atoms with E-state index in [9.17, 15) is 10.0 Å². The molecule has 1 saturated heterocycles. The number of amides is 1. The molecule has 7 heteroatoms. The SMILES string of the molecule is O=C(NCCN1CCCC1)c1ccc2nc(-c3cccc4c3-c3ccccc3/C4=N/O)[nH]c2c1. The first kappa shape index (κ1) is 20.6. The highest BCUT2D eigenvalue weighted by atomic mass is 16.4. The molecule has 0 spiro atoms. The smallest absolute Gasteiger partial charge is 0.251 e. The van der Waals surface area contributed by atoms with Crippen molar-refractivity contribution < 1.29 is 10.0 Å². The maximum absolute atomic E-state index is 12.7. The Labute approximate surface area is 197 Å². The number of hydrogen-bond donors (Lipinski definition) is 3. The number of likely N-dealkylation sites (tertiary alicyclic amines) is 1. The van der Waals surface area contributed by atoms with Crippen molar-refractivity contribution in [1.82, 2.24) is 20.2 Å². The molecule has 0 bridgehead atoms. The van der Waals surface area contributed by atoms with E-state index in [2.05, 4.69) is 20.4 Å². The van der Waals surface area contributed by atoms with Gasteiger partial charge in [0.05, 0.1) is 11.0 Å². The zero-order valence-corrected chi connectivity index (χ0v) is 18.7. The van der Waals surface area contributed by atoms with Crippen molar-refractivity contribution >= 4 is 22.7 Å². The van der Waals surface area contributed by atoms with E-state index in [1.54, 1.807) is 0 Å². The number of nitrogens with one attached hydrogen (secondary N) is 2. The second-order valence-electron chi connectivity index (χ2n) is 8.84. The van der Waals surface area contributed by atoms with Gasteiger partial charge in [-0.25, -0.2) is 4.98 Å². The number of aromatic amines is 1. The molecule has 3 aromatic carbocycles. The number of imidazole rings is 1. The second-order valence-corrected chi connectivity index (χ2v) is 8.84. The van der Waals surface area contributed by atoms with E-state index in [0.29, 0.717) is 23.6 Å². The average molecular weight is 452 g/mol. The van der Waals surface area contributed by atoms with Gasteiger partial charge in [0.15, 0.2) is 0 Å². The largest absolute Gasteiger partial charge is 0.410 e. The van der Waals surface area contributed by atoms with Gasteiger partial charge < -0.3 is 20.4 Å². The summed E-state index contributed by atoms with van der Waals surface area (Å²) in [6, 6.07) is 19.4. The normalized spacial score (nSPS) is 16.2. The summed E-state index contributed by atoms with van der Waals surface area (Å²) < 4.78 is 0. The monoisotopic (exact) mass is 451 g/mol. The first-order valence-electron chi connectivity index (χ1n) is 11.7. The lowest BCUT2D eigenvalue weighted by Gasteiger charge is -2.14. The molecule has 0 saturated carbocycles. The summed E-state index contributed by atoms with van der Waals surface area (Å²) in [5.74, 6) is 0.642. The minimum atomic E-state index is -0.0735. The Hall–Kier alpha value is -3.97. The maximum atomic E-state index is 12.7. The third kappa shape index (κ3) is 3.45. The van der Waals surface area contributed by atoms with Gasteiger partial charge in [0.1, 0.15) is 11.5 Å². The number of carbonyl (C=O) groups is 1. The molecular weight excluding hydrogens is 426 g/mol. The van der Waals surface area contributed by atoms with Crippen molar-refractivity contribution in [2.75, 3.05) is 26.2 Å². The van der Waals surface area contributed by atoms with Crippen LogP contribution in [-0.4, -0.2) is 57.9 Å². The molecule has 0 atom stereocenters. The van der Waals surface area contributed by atoms with Gasteiger partial charge in [-0.2, -0.15) is 0 Å². The highest BCUT2D eigenvalue weighted by molar-refractivity contribution is 6.26. The summed E-state index contributed by atoms with van der Waals surface area (Å²) >= 11 is 0. The molecule has 7 nitrogen and oxygen atoms in total. The summed E-state index contributed by atoms with van der Waals surface area (Å²) in [6.45, 7) is 3.79. The van der Waals surface area contributed by atoms with E-state index in [4.69, 9.17) is 4.98 Å². The standard InChI is InChI=1S/C27H25N5O2/c33-27(28-12-15-32-13-3-4-14-32)17-10-11-22-23(16-17)30-26(29-22)21-9-5-8-20-24(21)18-6-1-2-7-19(18)25(20)31-34/h1-2,5-11,16,34H,3-4,12-15H2,(H,28,33)(H,29,30)/b31-25-. The van der Waals surface area contributed by atoms with Crippen LogP contribution in [-0.2, 0) is 0 Å². The highest BCUT2D eigenvalue weighted by Gasteiger charge is 2.28. The summed E-state index contributed by atoms with van der Waals surface area (Å²) in [4.78, 5) is 23.3. The third-order valence-electron chi connectivity index (χ3n) is 6.78. The van der Waals surface area contributed by atoms with Gasteiger partial charge in [0.2, 0.25) is 0 Å². The molecule has 1 aliphatic heterocycles. The molecule has 2 aliphatic rings. The zero-order valence-electron chi connectivity index (χ0n) is 18.7. The lowest BCUT2D eigenvalue weighted by atomic mass is 9.99. The van der Waals surface area contributed by atoms with Crippen LogP contribution in [0.1, 0.15) is 34.3 Å². The number of hydrogen-bond acceptors (Lipinski definition) is 5. The number of carbonyl (C=O) groups excluding carboxylic acids is 1. The first-order valence-corrected chi connectivity index (χ1v) is 11.7. The molecule has 0 radical (unpaired) electrons. The average Bonchev–Trinajstić information content (AvgIpc) is 3.60. The van der Waals surface area contributed by atoms with Crippen LogP contribution >= 0.6 is 0 Å². The minimum Gasteiger partial charge on any atom is -0.410 e. The van der Waals surface area contributed by atoms with Crippen molar-refractivity contribution in [2.45, 2.75) is 12.8 Å². The maximum Gasteiger partial charge on any atom is 0.251 e. The van der Waals surface area contributed by atoms with Crippen LogP contribution in [0.5, 0.6) is 0 Å². The molecule has 2 heterocycles. The number of benzene rings is 3. The van der Waals surface area contributed by atoms with E-state index in [1.165, 1.54) is 12.8 Å². The Morgan fingerprint density at radius 2 is 1.76 bits per heavy atom. The fourth-order valence-corrected chi connectivity index (χ4v) is 5.11. The molecule has 1 amide bonds. The van der Waals surface area contributed by atoms with Crippen molar-refractivity contribution in [3.63, 3.8) is 0 Å². The van der Waals surface area contributed by atoms with Gasteiger partial charge in [-0.15, -0.1) is 0 Å². The van der Waals surface area contributed by atoms with Crippen LogP contribution in [0.3, 0.4) is 0 Å². The number of fused-ring (bicyclic) bond motifs is 4. The Kier molecular flexibility index (Phi) is 5.11. The quantitative estimate of drug-likeness (QED) is 0.275. The van der Waals surface area contributed by atoms with Gasteiger partial charge >= 0.3 is 0 Å². The Morgan fingerprint density at radius 3 is 2.59 bits per heavy atom. The van der Waals surface area contributed by atoms with Crippen LogP contribution < -0.4 is 5.32 Å². The zero-order chi connectivity index (χ0) is 23.1. The van der Waals surface area contributed by atoms with E-state index in [1.807, 2.05) is 60.7 Å². The number of nitrogens with zero attached hydrogens (tertiary/aromatic N) is 3. The Bertz CT molecular complexity index is 1430. The van der Waals surface area contributed by atoms with E-state index in [0.717, 1.165) is 58.5 Å². The second kappa shape index (κ2) is 8.43. The van der Waals surface area contributed by atoms with Crippen molar-refractivity contribution in [2.24, 2.45) is 5.16 Å². The van der Waals surface area contributed by atoms with Crippen LogP contribution in [0.2, 0.25) is 0 Å². The van der Waals surface area contributed by atoms with Gasteiger partial charge in [-0.1, -0.05) is 47.6 Å². The highest BCUT2D eigenvalue weighted by Crippen LogP contribution is 2.42.